The van der Waals surface area contributed by atoms with E-state index in [-0.39, 0.29) is 5.91 Å². The molecule has 0 unspecified atom stereocenters. The number of para-hydroxylation sites is 1. The van der Waals surface area contributed by atoms with Crippen LogP contribution in [0.1, 0.15) is 15.4 Å². The summed E-state index contributed by atoms with van der Waals surface area (Å²) in [5.74, 6) is -0.160. The van der Waals surface area contributed by atoms with Crippen LogP contribution in [0.15, 0.2) is 48.5 Å². The summed E-state index contributed by atoms with van der Waals surface area (Å²) in [6, 6.07) is 15.5. The lowest BCUT2D eigenvalue weighted by Gasteiger charge is -2.03. The van der Waals surface area contributed by atoms with Crippen molar-refractivity contribution in [1.29, 1.82) is 0 Å². The first kappa shape index (κ1) is 11.9. The highest BCUT2D eigenvalue weighted by molar-refractivity contribution is 7.20. The third kappa shape index (κ3) is 2.48. The molecule has 3 aromatic rings. The minimum atomic E-state index is -0.160. The number of nitrogens with zero attached hydrogens (tertiary/aromatic N) is 1. The molecule has 1 amide bonds. The second kappa shape index (κ2) is 4.82. The zero-order valence-electron chi connectivity index (χ0n) is 10.4. The Morgan fingerprint density at radius 3 is 2.79 bits per heavy atom. The first-order valence-corrected chi connectivity index (χ1v) is 6.77. The van der Waals surface area contributed by atoms with E-state index >= 15 is 0 Å². The van der Waals surface area contributed by atoms with Crippen LogP contribution in [0.2, 0.25) is 0 Å². The van der Waals surface area contributed by atoms with Gasteiger partial charge in [0.25, 0.3) is 5.91 Å². The molecule has 1 heterocycles. The normalized spacial score (nSPS) is 10.6. The molecule has 0 aliphatic rings. The number of rotatable bonds is 2. The number of thiazole rings is 1. The standard InChI is InChI=1S/C15H12N2OS/c1-10-5-4-6-11(9-10)16-14(18)15-17-12-7-2-3-8-13(12)19-15/h2-9H,1H3,(H,16,18). The fourth-order valence-electron chi connectivity index (χ4n) is 1.88. The summed E-state index contributed by atoms with van der Waals surface area (Å²) >= 11 is 1.41. The lowest BCUT2D eigenvalue weighted by atomic mass is 10.2. The van der Waals surface area contributed by atoms with E-state index < -0.39 is 0 Å². The molecule has 1 aromatic heterocycles. The Hall–Kier alpha value is -2.20. The second-order valence-corrected chi connectivity index (χ2v) is 5.34. The first-order chi connectivity index (χ1) is 9.22. The average molecular weight is 268 g/mol. The smallest absolute Gasteiger partial charge is 0.284 e. The van der Waals surface area contributed by atoms with Gasteiger partial charge in [0.15, 0.2) is 5.01 Å². The third-order valence-electron chi connectivity index (χ3n) is 2.76. The maximum absolute atomic E-state index is 12.1. The summed E-state index contributed by atoms with van der Waals surface area (Å²) in [7, 11) is 0. The van der Waals surface area contributed by atoms with Crippen LogP contribution in [-0.4, -0.2) is 10.9 Å². The van der Waals surface area contributed by atoms with Gasteiger partial charge >= 0.3 is 0 Å². The fraction of sp³-hybridized carbons (Fsp3) is 0.0667. The van der Waals surface area contributed by atoms with Gasteiger partial charge in [0.1, 0.15) is 0 Å². The number of aryl methyl sites for hydroxylation is 1. The molecule has 3 rings (SSSR count). The van der Waals surface area contributed by atoms with Gasteiger partial charge in [-0.15, -0.1) is 11.3 Å². The highest BCUT2D eigenvalue weighted by atomic mass is 32.1. The lowest BCUT2D eigenvalue weighted by Crippen LogP contribution is -2.11. The molecule has 0 saturated heterocycles. The Labute approximate surface area is 114 Å². The summed E-state index contributed by atoms with van der Waals surface area (Å²) < 4.78 is 1.02. The van der Waals surface area contributed by atoms with Crippen molar-refractivity contribution in [2.75, 3.05) is 5.32 Å². The number of carbonyl (C=O) groups excluding carboxylic acids is 1. The lowest BCUT2D eigenvalue weighted by molar-refractivity contribution is 0.102. The first-order valence-electron chi connectivity index (χ1n) is 5.96. The Morgan fingerprint density at radius 1 is 1.16 bits per heavy atom. The van der Waals surface area contributed by atoms with Gasteiger partial charge in [-0.05, 0) is 36.8 Å². The highest BCUT2D eigenvalue weighted by Crippen LogP contribution is 2.22. The van der Waals surface area contributed by atoms with Crippen LogP contribution < -0.4 is 5.32 Å². The van der Waals surface area contributed by atoms with Crippen molar-refractivity contribution in [1.82, 2.24) is 4.98 Å². The van der Waals surface area contributed by atoms with Crippen molar-refractivity contribution in [3.8, 4) is 0 Å². The van der Waals surface area contributed by atoms with Gasteiger partial charge in [0, 0.05) is 5.69 Å². The molecular formula is C15H12N2OS. The SMILES string of the molecule is Cc1cccc(NC(=O)c2nc3ccccc3s2)c1. The fourth-order valence-corrected chi connectivity index (χ4v) is 2.74. The molecule has 94 valence electrons. The minimum absolute atomic E-state index is 0.160. The summed E-state index contributed by atoms with van der Waals surface area (Å²) in [6.45, 7) is 1.99. The predicted octanol–water partition coefficient (Wildman–Crippen LogP) is 3.86. The maximum atomic E-state index is 12.1. The van der Waals surface area contributed by atoms with Gasteiger partial charge in [-0.3, -0.25) is 4.79 Å². The van der Waals surface area contributed by atoms with Crippen LogP contribution in [0, 0.1) is 6.92 Å². The summed E-state index contributed by atoms with van der Waals surface area (Å²) in [4.78, 5) is 16.5. The van der Waals surface area contributed by atoms with E-state index in [9.17, 15) is 4.79 Å². The molecule has 0 aliphatic heterocycles. The molecular weight excluding hydrogens is 256 g/mol. The highest BCUT2D eigenvalue weighted by Gasteiger charge is 2.12. The van der Waals surface area contributed by atoms with E-state index in [1.807, 2.05) is 55.5 Å². The van der Waals surface area contributed by atoms with Crippen molar-refractivity contribution in [2.45, 2.75) is 6.92 Å². The Balaban J connectivity index is 1.87. The van der Waals surface area contributed by atoms with Crippen molar-refractivity contribution < 1.29 is 4.79 Å². The van der Waals surface area contributed by atoms with Gasteiger partial charge in [-0.2, -0.15) is 0 Å². The number of hydrogen-bond donors (Lipinski definition) is 1. The van der Waals surface area contributed by atoms with Crippen molar-refractivity contribution >= 4 is 33.1 Å². The number of benzene rings is 2. The van der Waals surface area contributed by atoms with Crippen molar-refractivity contribution in [3.05, 3.63) is 59.1 Å². The Kier molecular flexibility index (Phi) is 3.01. The van der Waals surface area contributed by atoms with E-state index in [1.165, 1.54) is 11.3 Å². The molecule has 19 heavy (non-hydrogen) atoms. The van der Waals surface area contributed by atoms with Crippen molar-refractivity contribution in [2.24, 2.45) is 0 Å². The summed E-state index contributed by atoms with van der Waals surface area (Å²) in [5, 5.41) is 3.36. The van der Waals surface area contributed by atoms with E-state index in [1.54, 1.807) is 0 Å². The molecule has 2 aromatic carbocycles. The number of carbonyl (C=O) groups is 1. The van der Waals surface area contributed by atoms with Crippen LogP contribution in [0.3, 0.4) is 0 Å². The van der Waals surface area contributed by atoms with Crippen LogP contribution in [0.4, 0.5) is 5.69 Å². The van der Waals surface area contributed by atoms with Gasteiger partial charge in [0.05, 0.1) is 10.2 Å². The van der Waals surface area contributed by atoms with Gasteiger partial charge < -0.3 is 5.32 Å². The van der Waals surface area contributed by atoms with Crippen LogP contribution in [0.25, 0.3) is 10.2 Å². The molecule has 0 bridgehead atoms. The summed E-state index contributed by atoms with van der Waals surface area (Å²) in [5.41, 5.74) is 2.77. The molecule has 3 nitrogen and oxygen atoms in total. The Morgan fingerprint density at radius 2 is 2.00 bits per heavy atom. The van der Waals surface area contributed by atoms with Crippen LogP contribution in [-0.2, 0) is 0 Å². The number of fused-ring (bicyclic) bond motifs is 1. The predicted molar refractivity (Wildman–Crippen MR) is 78.8 cm³/mol. The maximum Gasteiger partial charge on any atom is 0.284 e. The average Bonchev–Trinajstić information content (AvgIpc) is 2.82. The number of amides is 1. The largest absolute Gasteiger partial charge is 0.320 e. The number of hydrogen-bond acceptors (Lipinski definition) is 3. The number of nitrogens with one attached hydrogen (secondary N) is 1. The van der Waals surface area contributed by atoms with Crippen molar-refractivity contribution in [3.63, 3.8) is 0 Å². The van der Waals surface area contributed by atoms with Gasteiger partial charge in [-0.25, -0.2) is 4.98 Å². The van der Waals surface area contributed by atoms with Crippen LogP contribution >= 0.6 is 11.3 Å². The molecule has 0 atom stereocenters. The van der Waals surface area contributed by atoms with E-state index in [2.05, 4.69) is 10.3 Å². The Bertz CT molecular complexity index is 715. The third-order valence-corrected chi connectivity index (χ3v) is 3.80. The zero-order chi connectivity index (χ0) is 13.2. The molecule has 1 N–H and O–H groups in total. The topological polar surface area (TPSA) is 42.0 Å². The molecule has 0 saturated carbocycles. The molecule has 0 fully saturated rings. The molecule has 4 heteroatoms. The quantitative estimate of drug-likeness (QED) is 0.767. The van der Waals surface area contributed by atoms with E-state index in [0.29, 0.717) is 5.01 Å². The number of aromatic nitrogens is 1. The second-order valence-electron chi connectivity index (χ2n) is 4.31. The van der Waals surface area contributed by atoms with Gasteiger partial charge in [-0.1, -0.05) is 24.3 Å². The molecule has 0 radical (unpaired) electrons. The van der Waals surface area contributed by atoms with E-state index in [0.717, 1.165) is 21.5 Å². The molecule has 0 aliphatic carbocycles. The summed E-state index contributed by atoms with van der Waals surface area (Å²) in [6.07, 6.45) is 0. The van der Waals surface area contributed by atoms with E-state index in [4.69, 9.17) is 0 Å². The van der Waals surface area contributed by atoms with Crippen LogP contribution in [0.5, 0.6) is 0 Å². The monoisotopic (exact) mass is 268 g/mol. The zero-order valence-corrected chi connectivity index (χ0v) is 11.2. The number of anilines is 1. The van der Waals surface area contributed by atoms with Gasteiger partial charge in [0.2, 0.25) is 0 Å². The molecule has 0 spiro atoms. The minimum Gasteiger partial charge on any atom is -0.320 e.